The summed E-state index contributed by atoms with van der Waals surface area (Å²) >= 11 is 0. The second kappa shape index (κ2) is 41.7. The first-order chi connectivity index (χ1) is 29.1. The van der Waals surface area contributed by atoms with Crippen molar-refractivity contribution in [3.63, 3.8) is 0 Å². The van der Waals surface area contributed by atoms with Gasteiger partial charge in [0.05, 0.1) is 25.0 Å². The SMILES string of the molecule is CCCCCCC(CCCC)C(=O)OCCCCCCCC(=O)OCC(COC(=O)CCCCCCCOC(=O)C(CCCC)CCCCCC)OC(=O)CCCN(C)C. The lowest BCUT2D eigenvalue weighted by Gasteiger charge is -2.18. The van der Waals surface area contributed by atoms with Crippen molar-refractivity contribution in [2.45, 2.75) is 226 Å². The molecule has 0 bridgehead atoms. The van der Waals surface area contributed by atoms with Gasteiger partial charge < -0.3 is 28.6 Å². The highest BCUT2D eigenvalue weighted by atomic mass is 16.6. The largest absolute Gasteiger partial charge is 0.465 e. The lowest BCUT2D eigenvalue weighted by Crippen LogP contribution is -2.31. The van der Waals surface area contributed by atoms with Gasteiger partial charge in [-0.3, -0.25) is 24.0 Å². The zero-order valence-corrected chi connectivity index (χ0v) is 39.5. The first kappa shape index (κ1) is 57.3. The van der Waals surface area contributed by atoms with E-state index >= 15 is 0 Å². The normalized spacial score (nSPS) is 12.8. The first-order valence-electron chi connectivity index (χ1n) is 24.6. The fourth-order valence-corrected chi connectivity index (χ4v) is 7.10. The number of nitrogens with zero attached hydrogens (tertiary/aromatic N) is 1. The van der Waals surface area contributed by atoms with Gasteiger partial charge in [0.15, 0.2) is 6.10 Å². The Hall–Kier alpha value is -2.69. The predicted octanol–water partition coefficient (Wildman–Crippen LogP) is 11.6. The quantitative estimate of drug-likeness (QED) is 0.0329. The molecule has 2 atom stereocenters. The van der Waals surface area contributed by atoms with Crippen LogP contribution < -0.4 is 0 Å². The van der Waals surface area contributed by atoms with Crippen LogP contribution in [0.2, 0.25) is 0 Å². The van der Waals surface area contributed by atoms with E-state index in [1.165, 1.54) is 38.5 Å². The molecule has 0 aromatic heterocycles. The van der Waals surface area contributed by atoms with Gasteiger partial charge >= 0.3 is 29.8 Å². The van der Waals surface area contributed by atoms with Gasteiger partial charge in [0.2, 0.25) is 0 Å². The number of carbonyl (C=O) groups excluding carboxylic acids is 5. The van der Waals surface area contributed by atoms with Gasteiger partial charge in [-0.15, -0.1) is 0 Å². The van der Waals surface area contributed by atoms with Crippen molar-refractivity contribution in [2.75, 3.05) is 47.1 Å². The van der Waals surface area contributed by atoms with Crippen molar-refractivity contribution in [3.05, 3.63) is 0 Å². The average Bonchev–Trinajstić information content (AvgIpc) is 3.22. The maximum Gasteiger partial charge on any atom is 0.308 e. The summed E-state index contributed by atoms with van der Waals surface area (Å²) in [7, 11) is 3.87. The fourth-order valence-electron chi connectivity index (χ4n) is 7.10. The van der Waals surface area contributed by atoms with Crippen LogP contribution in [-0.4, -0.2) is 87.9 Å². The number of carbonyl (C=O) groups is 5. The Labute approximate surface area is 366 Å². The Morgan fingerprint density at radius 2 is 0.767 bits per heavy atom. The molecule has 11 nitrogen and oxygen atoms in total. The molecule has 0 saturated carbocycles. The minimum atomic E-state index is -0.869. The summed E-state index contributed by atoms with van der Waals surface area (Å²) in [6.07, 6.45) is 26.1. The molecule has 0 aromatic rings. The first-order valence-corrected chi connectivity index (χ1v) is 24.6. The van der Waals surface area contributed by atoms with E-state index in [0.717, 1.165) is 122 Å². The van der Waals surface area contributed by atoms with Crippen LogP contribution in [-0.2, 0) is 47.7 Å². The van der Waals surface area contributed by atoms with Gasteiger partial charge in [0, 0.05) is 19.3 Å². The zero-order valence-electron chi connectivity index (χ0n) is 39.5. The van der Waals surface area contributed by atoms with Gasteiger partial charge in [-0.25, -0.2) is 0 Å². The van der Waals surface area contributed by atoms with Gasteiger partial charge in [-0.1, -0.05) is 143 Å². The van der Waals surface area contributed by atoms with E-state index in [2.05, 4.69) is 27.7 Å². The lowest BCUT2D eigenvalue weighted by atomic mass is 9.95. The monoisotopic (exact) mass is 854 g/mol. The summed E-state index contributed by atoms with van der Waals surface area (Å²) in [5.74, 6) is -1.25. The molecule has 0 amide bonds. The highest BCUT2D eigenvalue weighted by Crippen LogP contribution is 2.21. The number of hydrogen-bond acceptors (Lipinski definition) is 11. The van der Waals surface area contributed by atoms with Crippen LogP contribution in [0.1, 0.15) is 220 Å². The minimum Gasteiger partial charge on any atom is -0.465 e. The van der Waals surface area contributed by atoms with Crippen molar-refractivity contribution in [3.8, 4) is 0 Å². The van der Waals surface area contributed by atoms with Crippen LogP contribution in [0, 0.1) is 11.8 Å². The Bertz CT molecular complexity index is 999. The van der Waals surface area contributed by atoms with E-state index in [1.807, 2.05) is 19.0 Å². The molecular formula is C49H91NO10. The fraction of sp³-hybridized carbons (Fsp3) is 0.898. The summed E-state index contributed by atoms with van der Waals surface area (Å²) in [5, 5.41) is 0. The Balaban J connectivity index is 4.46. The highest BCUT2D eigenvalue weighted by Gasteiger charge is 2.21. The van der Waals surface area contributed by atoms with Crippen LogP contribution >= 0.6 is 0 Å². The zero-order chi connectivity index (χ0) is 44.5. The Kier molecular flexibility index (Phi) is 39.8. The van der Waals surface area contributed by atoms with Crippen molar-refractivity contribution in [1.29, 1.82) is 0 Å². The van der Waals surface area contributed by atoms with E-state index in [9.17, 15) is 24.0 Å². The number of unbranched alkanes of at least 4 members (excludes halogenated alkanes) is 16. The molecule has 0 aliphatic heterocycles. The van der Waals surface area contributed by atoms with E-state index in [1.54, 1.807) is 0 Å². The third kappa shape index (κ3) is 36.0. The average molecular weight is 854 g/mol. The second-order valence-electron chi connectivity index (χ2n) is 17.1. The summed E-state index contributed by atoms with van der Waals surface area (Å²) in [5.41, 5.74) is 0. The number of esters is 5. The van der Waals surface area contributed by atoms with Crippen LogP contribution in [0.15, 0.2) is 0 Å². The molecule has 0 saturated heterocycles. The van der Waals surface area contributed by atoms with Crippen molar-refractivity contribution >= 4 is 29.8 Å². The van der Waals surface area contributed by atoms with E-state index in [4.69, 9.17) is 23.7 Å². The Morgan fingerprint density at radius 3 is 1.18 bits per heavy atom. The number of ether oxygens (including phenoxy) is 5. The van der Waals surface area contributed by atoms with Crippen LogP contribution in [0.25, 0.3) is 0 Å². The maximum atomic E-state index is 12.7. The van der Waals surface area contributed by atoms with Gasteiger partial charge in [-0.05, 0) is 78.4 Å². The minimum absolute atomic E-state index is 0.0154. The summed E-state index contributed by atoms with van der Waals surface area (Å²) in [4.78, 5) is 64.9. The molecule has 0 spiro atoms. The van der Waals surface area contributed by atoms with Gasteiger partial charge in [-0.2, -0.15) is 0 Å². The molecule has 0 aromatic carbocycles. The summed E-state index contributed by atoms with van der Waals surface area (Å²) in [6, 6.07) is 0. The maximum absolute atomic E-state index is 12.7. The lowest BCUT2D eigenvalue weighted by molar-refractivity contribution is -0.167. The summed E-state index contributed by atoms with van der Waals surface area (Å²) in [6.45, 7) is 9.96. The highest BCUT2D eigenvalue weighted by molar-refractivity contribution is 5.73. The molecule has 0 heterocycles. The topological polar surface area (TPSA) is 135 Å². The molecule has 0 rings (SSSR count). The van der Waals surface area contributed by atoms with Crippen molar-refractivity contribution < 1.29 is 47.7 Å². The smallest absolute Gasteiger partial charge is 0.308 e. The number of hydrogen-bond donors (Lipinski definition) is 0. The molecule has 352 valence electrons. The second-order valence-corrected chi connectivity index (χ2v) is 17.1. The third-order valence-corrected chi connectivity index (χ3v) is 11.0. The molecule has 60 heavy (non-hydrogen) atoms. The third-order valence-electron chi connectivity index (χ3n) is 11.0. The molecule has 0 N–H and O–H groups in total. The molecule has 0 aliphatic carbocycles. The van der Waals surface area contributed by atoms with E-state index in [-0.39, 0.29) is 68.2 Å². The van der Waals surface area contributed by atoms with Gasteiger partial charge in [0.1, 0.15) is 13.2 Å². The molecule has 11 heteroatoms. The van der Waals surface area contributed by atoms with Crippen LogP contribution in [0.5, 0.6) is 0 Å². The van der Waals surface area contributed by atoms with E-state index < -0.39 is 12.1 Å². The molecule has 0 radical (unpaired) electrons. The van der Waals surface area contributed by atoms with E-state index in [0.29, 0.717) is 32.5 Å². The summed E-state index contributed by atoms with van der Waals surface area (Å²) < 4.78 is 27.7. The van der Waals surface area contributed by atoms with Crippen molar-refractivity contribution in [1.82, 2.24) is 4.90 Å². The standard InChI is InChI=1S/C49H91NO10/c1-7-11-15-23-32-42(30-13-9-3)48(54)56-38-27-21-17-19-25-34-45(51)58-40-44(60-47(53)36-29-37-50(5)6)41-59-46(52)35-26-20-18-22-28-39-57-49(55)43(31-14-10-4)33-24-16-12-8-2/h42-44H,7-41H2,1-6H3. The van der Waals surface area contributed by atoms with Gasteiger partial charge in [0.25, 0.3) is 0 Å². The molecule has 2 unspecified atom stereocenters. The van der Waals surface area contributed by atoms with Crippen LogP contribution in [0.3, 0.4) is 0 Å². The Morgan fingerprint density at radius 1 is 0.400 bits per heavy atom. The molecule has 0 fully saturated rings. The molecular weight excluding hydrogens is 763 g/mol. The number of rotatable bonds is 43. The molecule has 0 aliphatic rings. The predicted molar refractivity (Wildman–Crippen MR) is 240 cm³/mol. The van der Waals surface area contributed by atoms with Crippen molar-refractivity contribution in [2.24, 2.45) is 11.8 Å². The van der Waals surface area contributed by atoms with Crippen LogP contribution in [0.4, 0.5) is 0 Å².